The molecule has 18 heavy (non-hydrogen) atoms. The summed E-state index contributed by atoms with van der Waals surface area (Å²) in [5.41, 5.74) is 3.92. The van der Waals surface area contributed by atoms with Gasteiger partial charge in [0.05, 0.1) is 0 Å². The Morgan fingerprint density at radius 2 is 1.94 bits per heavy atom. The van der Waals surface area contributed by atoms with Gasteiger partial charge in [0.15, 0.2) is 0 Å². The molecule has 2 rings (SSSR count). The van der Waals surface area contributed by atoms with E-state index in [9.17, 15) is 4.79 Å². The van der Waals surface area contributed by atoms with Gasteiger partial charge in [0, 0.05) is 16.9 Å². The molecule has 1 heterocycles. The van der Waals surface area contributed by atoms with Gasteiger partial charge in [0.1, 0.15) is 12.0 Å². The Morgan fingerprint density at radius 1 is 1.17 bits per heavy atom. The highest BCUT2D eigenvalue weighted by atomic mass is 16.1. The van der Waals surface area contributed by atoms with Crippen LogP contribution < -0.4 is 5.32 Å². The Balaban J connectivity index is 2.25. The van der Waals surface area contributed by atoms with Gasteiger partial charge in [-0.25, -0.2) is 9.97 Å². The zero-order chi connectivity index (χ0) is 13.1. The fourth-order valence-electron chi connectivity index (χ4n) is 1.68. The first kappa shape index (κ1) is 12.2. The smallest absolute Gasteiger partial charge is 0.274 e. The molecule has 0 spiro atoms. The van der Waals surface area contributed by atoms with Gasteiger partial charge < -0.3 is 5.32 Å². The van der Waals surface area contributed by atoms with Crippen molar-refractivity contribution >= 4 is 11.6 Å². The first-order chi connectivity index (χ1) is 8.58. The predicted octanol–water partition coefficient (Wildman–Crippen LogP) is 2.65. The van der Waals surface area contributed by atoms with Crippen molar-refractivity contribution in [1.82, 2.24) is 9.97 Å². The summed E-state index contributed by atoms with van der Waals surface area (Å²) < 4.78 is 0. The van der Waals surface area contributed by atoms with E-state index in [1.807, 2.05) is 45.0 Å². The van der Waals surface area contributed by atoms with Crippen molar-refractivity contribution in [2.45, 2.75) is 20.8 Å². The van der Waals surface area contributed by atoms with Crippen LogP contribution in [0.3, 0.4) is 0 Å². The molecule has 1 amide bonds. The SMILES string of the molecule is Cc1cccc(NC(=O)c2ncnc(C)c2C)c1. The number of aromatic nitrogens is 2. The second kappa shape index (κ2) is 4.96. The lowest BCUT2D eigenvalue weighted by molar-refractivity contribution is 0.102. The minimum absolute atomic E-state index is 0.205. The van der Waals surface area contributed by atoms with E-state index in [1.165, 1.54) is 6.33 Å². The molecule has 0 radical (unpaired) electrons. The molecule has 0 atom stereocenters. The first-order valence-corrected chi connectivity index (χ1v) is 5.74. The van der Waals surface area contributed by atoms with Crippen molar-refractivity contribution in [1.29, 1.82) is 0 Å². The number of benzene rings is 1. The average Bonchev–Trinajstić information content (AvgIpc) is 2.32. The molecular formula is C14H15N3O. The number of carbonyl (C=O) groups excluding carboxylic acids is 1. The van der Waals surface area contributed by atoms with Crippen molar-refractivity contribution in [3.8, 4) is 0 Å². The quantitative estimate of drug-likeness (QED) is 0.879. The maximum absolute atomic E-state index is 12.1. The van der Waals surface area contributed by atoms with Crippen LogP contribution in [0.1, 0.15) is 27.3 Å². The van der Waals surface area contributed by atoms with Gasteiger partial charge in [0.25, 0.3) is 5.91 Å². The van der Waals surface area contributed by atoms with Crippen LogP contribution in [0.25, 0.3) is 0 Å². The number of rotatable bonds is 2. The number of nitrogens with zero attached hydrogens (tertiary/aromatic N) is 2. The molecule has 0 bridgehead atoms. The zero-order valence-electron chi connectivity index (χ0n) is 10.7. The first-order valence-electron chi connectivity index (χ1n) is 5.74. The number of nitrogens with one attached hydrogen (secondary N) is 1. The highest BCUT2D eigenvalue weighted by molar-refractivity contribution is 6.03. The van der Waals surface area contributed by atoms with Crippen LogP contribution in [0, 0.1) is 20.8 Å². The van der Waals surface area contributed by atoms with E-state index in [0.29, 0.717) is 5.69 Å². The molecule has 0 unspecified atom stereocenters. The lowest BCUT2D eigenvalue weighted by atomic mass is 10.1. The molecule has 0 saturated heterocycles. The van der Waals surface area contributed by atoms with Gasteiger partial charge in [-0.1, -0.05) is 12.1 Å². The molecule has 1 N–H and O–H groups in total. The largest absolute Gasteiger partial charge is 0.321 e. The fraction of sp³-hybridized carbons (Fsp3) is 0.214. The molecule has 0 aliphatic carbocycles. The van der Waals surface area contributed by atoms with Crippen molar-refractivity contribution in [2.24, 2.45) is 0 Å². The van der Waals surface area contributed by atoms with E-state index in [0.717, 1.165) is 22.5 Å². The van der Waals surface area contributed by atoms with Crippen LogP contribution >= 0.6 is 0 Å². The molecule has 1 aromatic carbocycles. The number of amides is 1. The molecule has 0 fully saturated rings. The number of anilines is 1. The van der Waals surface area contributed by atoms with Crippen LogP contribution in [0.4, 0.5) is 5.69 Å². The monoisotopic (exact) mass is 241 g/mol. The maximum Gasteiger partial charge on any atom is 0.274 e. The number of aryl methyl sites for hydroxylation is 2. The second-order valence-corrected chi connectivity index (χ2v) is 4.26. The minimum Gasteiger partial charge on any atom is -0.321 e. The van der Waals surface area contributed by atoms with E-state index in [1.54, 1.807) is 0 Å². The Hall–Kier alpha value is -2.23. The van der Waals surface area contributed by atoms with Crippen LogP contribution in [0.2, 0.25) is 0 Å². The highest BCUT2D eigenvalue weighted by Gasteiger charge is 2.12. The summed E-state index contributed by atoms with van der Waals surface area (Å²) in [6.07, 6.45) is 1.41. The third kappa shape index (κ3) is 2.53. The van der Waals surface area contributed by atoms with E-state index in [-0.39, 0.29) is 5.91 Å². The lowest BCUT2D eigenvalue weighted by Gasteiger charge is -2.08. The minimum atomic E-state index is -0.205. The zero-order valence-corrected chi connectivity index (χ0v) is 10.7. The van der Waals surface area contributed by atoms with Gasteiger partial charge in [-0.3, -0.25) is 4.79 Å². The second-order valence-electron chi connectivity index (χ2n) is 4.26. The summed E-state index contributed by atoms with van der Waals surface area (Å²) in [6, 6.07) is 7.66. The molecule has 4 heteroatoms. The summed E-state index contributed by atoms with van der Waals surface area (Å²) in [6.45, 7) is 5.69. The van der Waals surface area contributed by atoms with E-state index < -0.39 is 0 Å². The molecule has 0 saturated carbocycles. The third-order valence-electron chi connectivity index (χ3n) is 2.83. The van der Waals surface area contributed by atoms with Crippen molar-refractivity contribution in [2.75, 3.05) is 5.32 Å². The Morgan fingerprint density at radius 3 is 2.67 bits per heavy atom. The van der Waals surface area contributed by atoms with E-state index in [4.69, 9.17) is 0 Å². The molecule has 0 aliphatic heterocycles. The third-order valence-corrected chi connectivity index (χ3v) is 2.83. The van der Waals surface area contributed by atoms with Crippen molar-refractivity contribution in [3.05, 3.63) is 53.1 Å². The number of hydrogen-bond donors (Lipinski definition) is 1. The average molecular weight is 241 g/mol. The fourth-order valence-corrected chi connectivity index (χ4v) is 1.68. The maximum atomic E-state index is 12.1. The number of carbonyl (C=O) groups is 1. The Kier molecular flexibility index (Phi) is 3.37. The summed E-state index contributed by atoms with van der Waals surface area (Å²) in [5.74, 6) is -0.205. The Labute approximate surface area is 106 Å². The normalized spacial score (nSPS) is 10.2. The molecule has 2 aromatic rings. The summed E-state index contributed by atoms with van der Waals surface area (Å²) in [4.78, 5) is 20.2. The van der Waals surface area contributed by atoms with E-state index in [2.05, 4.69) is 15.3 Å². The lowest BCUT2D eigenvalue weighted by Crippen LogP contribution is -2.16. The van der Waals surface area contributed by atoms with E-state index >= 15 is 0 Å². The van der Waals surface area contributed by atoms with Gasteiger partial charge in [-0.15, -0.1) is 0 Å². The standard InChI is InChI=1S/C14H15N3O/c1-9-5-4-6-12(7-9)17-14(18)13-10(2)11(3)15-8-16-13/h4-8H,1-3H3,(H,17,18). The molecule has 1 aromatic heterocycles. The number of hydrogen-bond acceptors (Lipinski definition) is 3. The summed E-state index contributed by atoms with van der Waals surface area (Å²) in [7, 11) is 0. The van der Waals surface area contributed by atoms with Crippen LogP contribution in [-0.2, 0) is 0 Å². The Bertz CT molecular complexity index is 593. The van der Waals surface area contributed by atoms with Crippen LogP contribution in [-0.4, -0.2) is 15.9 Å². The predicted molar refractivity (Wildman–Crippen MR) is 70.6 cm³/mol. The van der Waals surface area contributed by atoms with Gasteiger partial charge in [-0.2, -0.15) is 0 Å². The summed E-state index contributed by atoms with van der Waals surface area (Å²) in [5, 5.41) is 2.84. The topological polar surface area (TPSA) is 54.9 Å². The van der Waals surface area contributed by atoms with Crippen molar-refractivity contribution in [3.63, 3.8) is 0 Å². The van der Waals surface area contributed by atoms with Crippen LogP contribution in [0.5, 0.6) is 0 Å². The molecular weight excluding hydrogens is 226 g/mol. The van der Waals surface area contributed by atoms with Gasteiger partial charge in [0.2, 0.25) is 0 Å². The molecule has 92 valence electrons. The van der Waals surface area contributed by atoms with Gasteiger partial charge in [-0.05, 0) is 38.5 Å². The van der Waals surface area contributed by atoms with Crippen LogP contribution in [0.15, 0.2) is 30.6 Å². The molecule has 0 aliphatic rings. The highest BCUT2D eigenvalue weighted by Crippen LogP contribution is 2.13. The molecule has 4 nitrogen and oxygen atoms in total. The van der Waals surface area contributed by atoms with Gasteiger partial charge >= 0.3 is 0 Å². The van der Waals surface area contributed by atoms with Crippen molar-refractivity contribution < 1.29 is 4.79 Å². The summed E-state index contributed by atoms with van der Waals surface area (Å²) >= 11 is 0.